The van der Waals surface area contributed by atoms with Crippen LogP contribution < -0.4 is 5.32 Å². The first-order valence-corrected chi connectivity index (χ1v) is 7.53. The van der Waals surface area contributed by atoms with E-state index in [1.807, 2.05) is 18.2 Å². The summed E-state index contributed by atoms with van der Waals surface area (Å²) in [7, 11) is 0. The number of carbonyl (C=O) groups is 1. The van der Waals surface area contributed by atoms with Gasteiger partial charge in [-0.25, -0.2) is 9.98 Å². The molecule has 0 saturated heterocycles. The van der Waals surface area contributed by atoms with Crippen molar-refractivity contribution in [2.24, 2.45) is 4.99 Å². The first kappa shape index (κ1) is 15.9. The molecule has 3 rings (SSSR count). The molecule has 5 heteroatoms. The Balaban J connectivity index is 2.09. The lowest BCUT2D eigenvalue weighted by atomic mass is 9.97. The summed E-state index contributed by atoms with van der Waals surface area (Å²) in [6.07, 6.45) is 0. The summed E-state index contributed by atoms with van der Waals surface area (Å²) in [5.74, 6) is 5.93. The lowest BCUT2D eigenvalue weighted by Gasteiger charge is -2.10. The Bertz CT molecular complexity index is 899. The van der Waals surface area contributed by atoms with Crippen molar-refractivity contribution in [3.63, 3.8) is 0 Å². The number of fused-ring (bicyclic) bond motifs is 1. The predicted molar refractivity (Wildman–Crippen MR) is 93.2 cm³/mol. The minimum absolute atomic E-state index is 0.0689. The Labute approximate surface area is 140 Å². The molecule has 0 fully saturated rings. The third kappa shape index (κ3) is 3.05. The standard InChI is InChI=1S/C19H17N3O2/c1-19(2,24)10-9-12-7-8-14(17(20-3)22-12)13-5-4-6-15-16(13)11-21-18(15)23/h4-8,24H,3,11H2,1-2H3,(H,21,23). The van der Waals surface area contributed by atoms with E-state index in [2.05, 4.69) is 33.9 Å². The first-order chi connectivity index (χ1) is 11.4. The summed E-state index contributed by atoms with van der Waals surface area (Å²) in [6.45, 7) is 7.29. The SMILES string of the molecule is C=Nc1nc(C#CC(C)(C)O)ccc1-c1cccc2c1CNC2=O. The van der Waals surface area contributed by atoms with Crippen LogP contribution in [0.25, 0.3) is 11.1 Å². The van der Waals surface area contributed by atoms with Crippen LogP contribution in [0.15, 0.2) is 35.3 Å². The van der Waals surface area contributed by atoms with Crippen LogP contribution in [0.4, 0.5) is 5.82 Å². The van der Waals surface area contributed by atoms with Gasteiger partial charge >= 0.3 is 0 Å². The lowest BCUT2D eigenvalue weighted by Crippen LogP contribution is -2.14. The average Bonchev–Trinajstić information content (AvgIpc) is 2.93. The highest BCUT2D eigenvalue weighted by atomic mass is 16.3. The van der Waals surface area contributed by atoms with Gasteiger partial charge in [0.15, 0.2) is 5.82 Å². The summed E-state index contributed by atoms with van der Waals surface area (Å²) >= 11 is 0. The van der Waals surface area contributed by atoms with Gasteiger partial charge in [0.2, 0.25) is 0 Å². The quantitative estimate of drug-likeness (QED) is 0.659. The number of nitrogens with one attached hydrogen (secondary N) is 1. The van der Waals surface area contributed by atoms with Crippen LogP contribution >= 0.6 is 0 Å². The van der Waals surface area contributed by atoms with Crippen LogP contribution in [-0.4, -0.2) is 28.3 Å². The van der Waals surface area contributed by atoms with Gasteiger partial charge in [0.05, 0.1) is 0 Å². The highest BCUT2D eigenvalue weighted by Crippen LogP contribution is 2.34. The van der Waals surface area contributed by atoms with E-state index in [-0.39, 0.29) is 5.91 Å². The maximum atomic E-state index is 11.8. The summed E-state index contributed by atoms with van der Waals surface area (Å²) in [6, 6.07) is 9.22. The summed E-state index contributed by atoms with van der Waals surface area (Å²) in [4.78, 5) is 20.2. The van der Waals surface area contributed by atoms with E-state index in [0.29, 0.717) is 23.6 Å². The molecule has 1 amide bonds. The second-order valence-electron chi connectivity index (χ2n) is 6.05. The van der Waals surface area contributed by atoms with Crippen molar-refractivity contribution >= 4 is 18.4 Å². The molecule has 120 valence electrons. The number of hydrogen-bond donors (Lipinski definition) is 2. The van der Waals surface area contributed by atoms with Gasteiger partial charge in [0, 0.05) is 17.7 Å². The van der Waals surface area contributed by atoms with E-state index in [4.69, 9.17) is 0 Å². The Kier molecular flexibility index (Phi) is 3.92. The number of hydrogen-bond acceptors (Lipinski definition) is 4. The molecule has 5 nitrogen and oxygen atoms in total. The molecule has 1 aromatic carbocycles. The second-order valence-corrected chi connectivity index (χ2v) is 6.05. The molecule has 0 spiro atoms. The van der Waals surface area contributed by atoms with Gasteiger partial charge in [-0.1, -0.05) is 18.1 Å². The number of benzene rings is 1. The predicted octanol–water partition coefficient (Wildman–Crippen LogP) is 2.45. The van der Waals surface area contributed by atoms with Gasteiger partial charge in [0.1, 0.15) is 11.3 Å². The molecule has 1 aliphatic heterocycles. The van der Waals surface area contributed by atoms with Gasteiger partial charge in [-0.05, 0) is 55.8 Å². The van der Waals surface area contributed by atoms with Crippen molar-refractivity contribution in [3.05, 3.63) is 47.2 Å². The second kappa shape index (κ2) is 5.91. The zero-order valence-corrected chi connectivity index (χ0v) is 13.6. The molecular weight excluding hydrogens is 302 g/mol. The molecule has 2 heterocycles. The van der Waals surface area contributed by atoms with Gasteiger partial charge < -0.3 is 10.4 Å². The van der Waals surface area contributed by atoms with Gasteiger partial charge in [0.25, 0.3) is 5.91 Å². The van der Waals surface area contributed by atoms with Crippen molar-refractivity contribution in [3.8, 4) is 23.0 Å². The Morgan fingerprint density at radius 2 is 2.00 bits per heavy atom. The van der Waals surface area contributed by atoms with Gasteiger partial charge in [-0.2, -0.15) is 0 Å². The van der Waals surface area contributed by atoms with Crippen molar-refractivity contribution in [1.29, 1.82) is 0 Å². The molecule has 2 N–H and O–H groups in total. The van der Waals surface area contributed by atoms with E-state index >= 15 is 0 Å². The molecule has 0 radical (unpaired) electrons. The van der Waals surface area contributed by atoms with Crippen LogP contribution in [0.3, 0.4) is 0 Å². The fraction of sp³-hybridized carbons (Fsp3) is 0.211. The van der Waals surface area contributed by atoms with Crippen molar-refractivity contribution in [2.75, 3.05) is 0 Å². The van der Waals surface area contributed by atoms with E-state index < -0.39 is 5.60 Å². The minimum atomic E-state index is -1.09. The largest absolute Gasteiger partial charge is 0.378 e. The fourth-order valence-electron chi connectivity index (χ4n) is 2.57. The van der Waals surface area contributed by atoms with Crippen molar-refractivity contribution in [2.45, 2.75) is 26.0 Å². The number of aliphatic imine (C=N–C) groups is 1. The molecule has 24 heavy (non-hydrogen) atoms. The molecule has 0 unspecified atom stereocenters. The smallest absolute Gasteiger partial charge is 0.251 e. The summed E-state index contributed by atoms with van der Waals surface area (Å²) in [5, 5.41) is 12.5. The van der Waals surface area contributed by atoms with Crippen LogP contribution in [0.2, 0.25) is 0 Å². The highest BCUT2D eigenvalue weighted by molar-refractivity contribution is 6.01. The molecule has 0 aliphatic carbocycles. The van der Waals surface area contributed by atoms with E-state index in [0.717, 1.165) is 16.7 Å². The number of pyridine rings is 1. The highest BCUT2D eigenvalue weighted by Gasteiger charge is 2.23. The molecule has 1 aromatic heterocycles. The third-order valence-corrected chi connectivity index (χ3v) is 3.66. The van der Waals surface area contributed by atoms with Crippen LogP contribution in [0.1, 0.15) is 35.5 Å². The third-order valence-electron chi connectivity index (χ3n) is 3.66. The molecule has 0 atom stereocenters. The Morgan fingerprint density at radius 1 is 1.25 bits per heavy atom. The molecule has 1 aliphatic rings. The van der Waals surface area contributed by atoms with Crippen molar-refractivity contribution < 1.29 is 9.90 Å². The monoisotopic (exact) mass is 319 g/mol. The van der Waals surface area contributed by atoms with Gasteiger partial charge in [-0.3, -0.25) is 4.79 Å². The normalized spacial score (nSPS) is 12.9. The molecule has 0 bridgehead atoms. The number of carbonyl (C=O) groups excluding carboxylic acids is 1. The topological polar surface area (TPSA) is 74.6 Å². The van der Waals surface area contributed by atoms with Crippen LogP contribution in [-0.2, 0) is 6.54 Å². The molecule has 2 aromatic rings. The number of amides is 1. The van der Waals surface area contributed by atoms with Crippen molar-refractivity contribution in [1.82, 2.24) is 10.3 Å². The maximum Gasteiger partial charge on any atom is 0.251 e. The fourth-order valence-corrected chi connectivity index (χ4v) is 2.57. The van der Waals surface area contributed by atoms with E-state index in [9.17, 15) is 9.90 Å². The van der Waals surface area contributed by atoms with Gasteiger partial charge in [-0.15, -0.1) is 0 Å². The number of aliphatic hydroxyl groups is 1. The zero-order chi connectivity index (χ0) is 17.3. The van der Waals surface area contributed by atoms with Crippen LogP contribution in [0, 0.1) is 11.8 Å². The zero-order valence-electron chi connectivity index (χ0n) is 13.6. The Hall–Kier alpha value is -2.97. The van der Waals surface area contributed by atoms with Crippen LogP contribution in [0.5, 0.6) is 0 Å². The number of aromatic nitrogens is 1. The Morgan fingerprint density at radius 3 is 2.71 bits per heavy atom. The van der Waals surface area contributed by atoms with E-state index in [1.54, 1.807) is 26.0 Å². The molecule has 0 saturated carbocycles. The maximum absolute atomic E-state index is 11.8. The lowest BCUT2D eigenvalue weighted by molar-refractivity contribution is 0.0965. The summed E-state index contributed by atoms with van der Waals surface area (Å²) in [5.41, 5.74) is 2.73. The number of nitrogens with zero attached hydrogens (tertiary/aromatic N) is 2. The van der Waals surface area contributed by atoms with E-state index in [1.165, 1.54) is 0 Å². The average molecular weight is 319 g/mol. The first-order valence-electron chi connectivity index (χ1n) is 7.53. The minimum Gasteiger partial charge on any atom is -0.378 e. The molecular formula is C19H17N3O2. The summed E-state index contributed by atoms with van der Waals surface area (Å²) < 4.78 is 0. The number of rotatable bonds is 2.